The second-order valence-electron chi connectivity index (χ2n) is 8.53. The minimum Gasteiger partial charge on any atom is -0.478 e. The third-order valence-corrected chi connectivity index (χ3v) is 6.50. The summed E-state index contributed by atoms with van der Waals surface area (Å²) in [7, 11) is 1.54. The molecule has 0 fully saturated rings. The fourth-order valence-electron chi connectivity index (χ4n) is 4.60. The number of nitrogens with zero attached hydrogens (tertiary/aromatic N) is 1. The molecule has 0 spiro atoms. The van der Waals surface area contributed by atoms with Gasteiger partial charge in [0.25, 0.3) is 0 Å². The number of nitrogens with one attached hydrogen (secondary N) is 1. The number of alkyl carbamates (subject to hydrolysis) is 1. The van der Waals surface area contributed by atoms with E-state index in [4.69, 9.17) is 4.74 Å². The number of rotatable bonds is 8. The van der Waals surface area contributed by atoms with Crippen LogP contribution in [0.5, 0.6) is 0 Å². The predicted octanol–water partition coefficient (Wildman–Crippen LogP) is 4.91. The monoisotopic (exact) mass is 472 g/mol. The molecule has 3 aromatic carbocycles. The van der Waals surface area contributed by atoms with Crippen molar-refractivity contribution in [2.24, 2.45) is 5.92 Å². The molecule has 4 rings (SSSR count). The molecule has 1 aliphatic rings. The molecule has 180 valence electrons. The van der Waals surface area contributed by atoms with Crippen molar-refractivity contribution in [3.05, 3.63) is 89.5 Å². The van der Waals surface area contributed by atoms with E-state index in [9.17, 15) is 19.5 Å². The Morgan fingerprint density at radius 1 is 0.943 bits per heavy atom. The summed E-state index contributed by atoms with van der Waals surface area (Å²) < 4.78 is 5.56. The molecule has 7 nitrogen and oxygen atoms in total. The summed E-state index contributed by atoms with van der Waals surface area (Å²) >= 11 is 0. The van der Waals surface area contributed by atoms with E-state index < -0.39 is 18.0 Å². The zero-order chi connectivity index (χ0) is 24.9. The van der Waals surface area contributed by atoms with Crippen molar-refractivity contribution in [1.82, 2.24) is 5.32 Å². The van der Waals surface area contributed by atoms with Gasteiger partial charge in [-0.3, -0.25) is 4.79 Å². The van der Waals surface area contributed by atoms with E-state index in [1.54, 1.807) is 25.2 Å². The lowest BCUT2D eigenvalue weighted by atomic mass is 9.98. The van der Waals surface area contributed by atoms with Gasteiger partial charge >= 0.3 is 12.1 Å². The Hall–Kier alpha value is -4.13. The van der Waals surface area contributed by atoms with Crippen molar-refractivity contribution < 1.29 is 24.2 Å². The van der Waals surface area contributed by atoms with Gasteiger partial charge in [-0.05, 0) is 40.8 Å². The second-order valence-corrected chi connectivity index (χ2v) is 8.53. The Morgan fingerprint density at radius 3 is 2.11 bits per heavy atom. The largest absolute Gasteiger partial charge is 0.478 e. The van der Waals surface area contributed by atoms with Crippen LogP contribution in [0.25, 0.3) is 11.1 Å². The summed E-state index contributed by atoms with van der Waals surface area (Å²) in [4.78, 5) is 38.4. The molecule has 0 saturated heterocycles. The molecule has 1 aliphatic carbocycles. The maximum absolute atomic E-state index is 13.0. The van der Waals surface area contributed by atoms with Crippen LogP contribution in [0.4, 0.5) is 10.5 Å². The number of ether oxygens (including phenoxy) is 1. The molecule has 3 aromatic rings. The second kappa shape index (κ2) is 10.4. The van der Waals surface area contributed by atoms with Gasteiger partial charge in [0.15, 0.2) is 0 Å². The summed E-state index contributed by atoms with van der Waals surface area (Å²) in [6, 6.07) is 22.6. The summed E-state index contributed by atoms with van der Waals surface area (Å²) in [6.45, 7) is 2.13. The van der Waals surface area contributed by atoms with Gasteiger partial charge in [-0.25, -0.2) is 9.59 Å². The molecule has 0 bridgehead atoms. The van der Waals surface area contributed by atoms with Gasteiger partial charge in [0.1, 0.15) is 6.61 Å². The van der Waals surface area contributed by atoms with Gasteiger partial charge in [0.2, 0.25) is 5.91 Å². The van der Waals surface area contributed by atoms with Crippen molar-refractivity contribution in [1.29, 1.82) is 0 Å². The number of fused-ring (bicyclic) bond motifs is 3. The van der Waals surface area contributed by atoms with E-state index in [-0.39, 0.29) is 30.5 Å². The first kappa shape index (κ1) is 24.0. The molecule has 1 atom stereocenters. The quantitative estimate of drug-likeness (QED) is 0.486. The standard InChI is InChI=1S/C28H28N2O5/c1-3-18(26(31)30(2)25-15-9-8-14-23(25)27(32)33)16-29-28(34)35-17-24-21-12-6-4-10-19(21)20-11-5-7-13-22(20)24/h4-15,18,24H,3,16-17H2,1-2H3,(H,29,34)(H,32,33). The number of carbonyl (C=O) groups excluding carboxylic acids is 2. The van der Waals surface area contributed by atoms with Crippen molar-refractivity contribution in [3.8, 4) is 11.1 Å². The molecule has 0 aromatic heterocycles. The minimum atomic E-state index is -1.11. The third kappa shape index (κ3) is 4.89. The average molecular weight is 473 g/mol. The van der Waals surface area contributed by atoms with Crippen LogP contribution in [-0.2, 0) is 9.53 Å². The van der Waals surface area contributed by atoms with Crippen LogP contribution >= 0.6 is 0 Å². The molecule has 2 amide bonds. The summed E-state index contributed by atoms with van der Waals surface area (Å²) in [5.41, 5.74) is 4.91. The summed E-state index contributed by atoms with van der Waals surface area (Å²) in [6.07, 6.45) is -0.117. The van der Waals surface area contributed by atoms with Crippen LogP contribution in [-0.4, -0.2) is 43.3 Å². The molecule has 0 heterocycles. The minimum absolute atomic E-state index is 0.0442. The first-order valence-electron chi connectivity index (χ1n) is 11.6. The molecule has 0 aliphatic heterocycles. The molecule has 0 radical (unpaired) electrons. The predicted molar refractivity (Wildman–Crippen MR) is 134 cm³/mol. The fourth-order valence-corrected chi connectivity index (χ4v) is 4.60. The highest BCUT2D eigenvalue weighted by atomic mass is 16.5. The average Bonchev–Trinajstić information content (AvgIpc) is 3.20. The van der Waals surface area contributed by atoms with Crippen LogP contribution in [0, 0.1) is 5.92 Å². The van der Waals surface area contributed by atoms with E-state index in [2.05, 4.69) is 29.6 Å². The summed E-state index contributed by atoms with van der Waals surface area (Å²) in [5, 5.41) is 12.1. The highest BCUT2D eigenvalue weighted by Crippen LogP contribution is 2.44. The first-order valence-corrected chi connectivity index (χ1v) is 11.6. The number of amides is 2. The Bertz CT molecular complexity index is 1210. The van der Waals surface area contributed by atoms with Crippen LogP contribution in [0.1, 0.15) is 40.7 Å². The third-order valence-electron chi connectivity index (χ3n) is 6.50. The van der Waals surface area contributed by atoms with E-state index >= 15 is 0 Å². The normalized spacial score (nSPS) is 12.9. The Kier molecular flexibility index (Phi) is 7.15. The number of hydrogen-bond donors (Lipinski definition) is 2. The Morgan fingerprint density at radius 2 is 1.51 bits per heavy atom. The van der Waals surface area contributed by atoms with Crippen LogP contribution in [0.3, 0.4) is 0 Å². The lowest BCUT2D eigenvalue weighted by Gasteiger charge is -2.24. The molecule has 2 N–H and O–H groups in total. The molecular formula is C28H28N2O5. The van der Waals surface area contributed by atoms with Crippen LogP contribution in [0.15, 0.2) is 72.8 Å². The highest BCUT2D eigenvalue weighted by Gasteiger charge is 2.29. The maximum Gasteiger partial charge on any atom is 0.407 e. The lowest BCUT2D eigenvalue weighted by molar-refractivity contribution is -0.122. The van der Waals surface area contributed by atoms with Crippen LogP contribution in [0.2, 0.25) is 0 Å². The number of hydrogen-bond acceptors (Lipinski definition) is 4. The van der Waals surface area contributed by atoms with Crippen LogP contribution < -0.4 is 10.2 Å². The van der Waals surface area contributed by atoms with E-state index in [1.807, 2.05) is 31.2 Å². The van der Waals surface area contributed by atoms with E-state index in [0.29, 0.717) is 12.1 Å². The number of carboxylic acids is 1. The molecule has 0 saturated carbocycles. The molecular weight excluding hydrogens is 444 g/mol. The smallest absolute Gasteiger partial charge is 0.407 e. The van der Waals surface area contributed by atoms with E-state index in [0.717, 1.165) is 22.3 Å². The van der Waals surface area contributed by atoms with Crippen molar-refractivity contribution in [3.63, 3.8) is 0 Å². The number of aromatic carboxylic acids is 1. The van der Waals surface area contributed by atoms with Crippen molar-refractivity contribution in [2.45, 2.75) is 19.3 Å². The fraction of sp³-hybridized carbons (Fsp3) is 0.250. The summed E-state index contributed by atoms with van der Waals surface area (Å²) in [5.74, 6) is -1.96. The zero-order valence-corrected chi connectivity index (χ0v) is 19.7. The van der Waals surface area contributed by atoms with Crippen molar-refractivity contribution in [2.75, 3.05) is 25.1 Å². The van der Waals surface area contributed by atoms with E-state index in [1.165, 1.54) is 11.0 Å². The lowest BCUT2D eigenvalue weighted by Crippen LogP contribution is -2.40. The number of carbonyl (C=O) groups is 3. The molecule has 7 heteroatoms. The Labute approximate surface area is 204 Å². The number of anilines is 1. The number of carboxylic acid groups (broad SMARTS) is 1. The van der Waals surface area contributed by atoms with Gasteiger partial charge in [0, 0.05) is 19.5 Å². The van der Waals surface area contributed by atoms with Gasteiger partial charge < -0.3 is 20.1 Å². The van der Waals surface area contributed by atoms with Gasteiger partial charge in [-0.1, -0.05) is 67.6 Å². The van der Waals surface area contributed by atoms with Crippen molar-refractivity contribution >= 4 is 23.7 Å². The van der Waals surface area contributed by atoms with Gasteiger partial charge in [-0.2, -0.15) is 0 Å². The maximum atomic E-state index is 13.0. The first-order chi connectivity index (χ1) is 16.9. The molecule has 35 heavy (non-hydrogen) atoms. The zero-order valence-electron chi connectivity index (χ0n) is 19.7. The number of benzene rings is 3. The molecule has 1 unspecified atom stereocenters. The number of para-hydroxylation sites is 1. The van der Waals surface area contributed by atoms with Gasteiger partial charge in [-0.15, -0.1) is 0 Å². The highest BCUT2D eigenvalue weighted by molar-refractivity contribution is 6.02. The Balaban J connectivity index is 1.37. The topological polar surface area (TPSA) is 95.9 Å². The van der Waals surface area contributed by atoms with Gasteiger partial charge in [0.05, 0.1) is 17.2 Å². The SMILES string of the molecule is CCC(CNC(=O)OCC1c2ccccc2-c2ccccc21)C(=O)N(C)c1ccccc1C(=O)O.